The fourth-order valence-electron chi connectivity index (χ4n) is 5.05. The summed E-state index contributed by atoms with van der Waals surface area (Å²) in [7, 11) is 3.91. The number of anilines is 2. The predicted molar refractivity (Wildman–Crippen MR) is 154 cm³/mol. The highest BCUT2D eigenvalue weighted by Crippen LogP contribution is 2.31. The highest BCUT2D eigenvalue weighted by molar-refractivity contribution is 5.99. The molecule has 2 N–H and O–H groups in total. The molecule has 5 aromatic rings. The van der Waals surface area contributed by atoms with Gasteiger partial charge >= 0.3 is 0 Å². The van der Waals surface area contributed by atoms with Crippen LogP contribution in [-0.2, 0) is 6.54 Å². The van der Waals surface area contributed by atoms with Gasteiger partial charge in [0.15, 0.2) is 5.82 Å². The summed E-state index contributed by atoms with van der Waals surface area (Å²) in [4.78, 5) is 33.0. The molecule has 4 heterocycles. The van der Waals surface area contributed by atoms with Crippen LogP contribution < -0.4 is 5.32 Å². The van der Waals surface area contributed by atoms with E-state index in [0.717, 1.165) is 33.4 Å². The Morgan fingerprint density at radius 2 is 1.90 bits per heavy atom. The number of carbonyl (C=O) groups excluding carboxylic acids is 1. The number of fused-ring (bicyclic) bond motifs is 1. The average Bonchev–Trinajstić information content (AvgIpc) is 3.70. The third-order valence-corrected chi connectivity index (χ3v) is 7.23. The molecule has 2 aromatic carbocycles. The minimum absolute atomic E-state index is 0.0474. The Hall–Kier alpha value is -4.64. The first-order chi connectivity index (χ1) is 19.8. The van der Waals surface area contributed by atoms with Crippen molar-refractivity contribution in [3.05, 3.63) is 79.0 Å². The Bertz CT molecular complexity index is 1680. The van der Waals surface area contributed by atoms with Crippen molar-refractivity contribution in [2.45, 2.75) is 18.9 Å². The maximum atomic E-state index is 13.9. The highest BCUT2D eigenvalue weighted by Gasteiger charge is 2.41. The molecular formula is C30H30F2N8O. The quantitative estimate of drug-likeness (QED) is 0.270. The maximum absolute atomic E-state index is 13.9. The zero-order valence-electron chi connectivity index (χ0n) is 22.8. The molecular weight excluding hydrogens is 526 g/mol. The number of aromatic nitrogens is 5. The van der Waals surface area contributed by atoms with Gasteiger partial charge in [-0.2, -0.15) is 0 Å². The Morgan fingerprint density at radius 3 is 2.61 bits per heavy atom. The summed E-state index contributed by atoms with van der Waals surface area (Å²) in [6, 6.07) is 17.3. The number of aromatic amines is 1. The number of nitrogens with one attached hydrogen (secondary N) is 2. The topological polar surface area (TPSA) is 95.0 Å². The van der Waals surface area contributed by atoms with Crippen molar-refractivity contribution in [1.29, 1.82) is 0 Å². The Labute approximate surface area is 235 Å². The number of likely N-dealkylation sites (tertiary alicyclic amines) is 1. The van der Waals surface area contributed by atoms with Crippen LogP contribution in [0.1, 0.15) is 16.9 Å². The fraction of sp³-hybridized carbons (Fsp3) is 0.267. The second-order valence-electron chi connectivity index (χ2n) is 10.5. The number of hydrogen-bond acceptors (Lipinski definition) is 6. The largest absolute Gasteiger partial charge is 0.345 e. The number of imidazole rings is 1. The van der Waals surface area contributed by atoms with Crippen molar-refractivity contribution < 1.29 is 13.6 Å². The molecule has 0 atom stereocenters. The molecule has 210 valence electrons. The molecule has 0 radical (unpaired) electrons. The monoisotopic (exact) mass is 556 g/mol. The van der Waals surface area contributed by atoms with Gasteiger partial charge in [0.2, 0.25) is 0 Å². The zero-order chi connectivity index (χ0) is 28.6. The van der Waals surface area contributed by atoms with E-state index in [-0.39, 0.29) is 18.9 Å². The van der Waals surface area contributed by atoms with Gasteiger partial charge in [0, 0.05) is 54.4 Å². The molecule has 1 aliphatic rings. The number of alkyl halides is 2. The highest BCUT2D eigenvalue weighted by atomic mass is 19.3. The van der Waals surface area contributed by atoms with Crippen LogP contribution in [0.25, 0.3) is 33.5 Å². The second-order valence-corrected chi connectivity index (χ2v) is 10.5. The van der Waals surface area contributed by atoms with Crippen molar-refractivity contribution in [1.82, 2.24) is 34.3 Å². The number of carbonyl (C=O) groups is 1. The van der Waals surface area contributed by atoms with Gasteiger partial charge in [0.25, 0.3) is 11.8 Å². The van der Waals surface area contributed by atoms with Gasteiger partial charge in [-0.15, -0.1) is 0 Å². The van der Waals surface area contributed by atoms with Crippen LogP contribution in [0.3, 0.4) is 0 Å². The summed E-state index contributed by atoms with van der Waals surface area (Å²) >= 11 is 0. The van der Waals surface area contributed by atoms with E-state index < -0.39 is 12.5 Å². The van der Waals surface area contributed by atoms with Crippen molar-refractivity contribution in [3.8, 4) is 22.6 Å². The lowest BCUT2D eigenvalue weighted by atomic mass is 10.1. The third-order valence-electron chi connectivity index (χ3n) is 7.23. The van der Waals surface area contributed by atoms with E-state index in [9.17, 15) is 13.6 Å². The minimum atomic E-state index is -2.85. The normalized spacial score (nSPS) is 14.7. The van der Waals surface area contributed by atoms with E-state index >= 15 is 0 Å². The molecule has 9 nitrogen and oxygen atoms in total. The Morgan fingerprint density at radius 1 is 1.10 bits per heavy atom. The molecule has 41 heavy (non-hydrogen) atoms. The van der Waals surface area contributed by atoms with Gasteiger partial charge in [-0.05, 0) is 50.0 Å². The SMILES string of the molecule is CN(C)CCn1c(C(=O)N2CCC(F)(F)C2)cc2ccc(-c3nccc(Nc4ccc(-c5cnc[nH]5)cc4)n3)cc21. The van der Waals surface area contributed by atoms with E-state index in [1.165, 1.54) is 4.90 Å². The van der Waals surface area contributed by atoms with Crippen molar-refractivity contribution in [3.63, 3.8) is 0 Å². The molecule has 1 fully saturated rings. The summed E-state index contributed by atoms with van der Waals surface area (Å²) in [5, 5.41) is 4.18. The lowest BCUT2D eigenvalue weighted by molar-refractivity contribution is 0.0118. The van der Waals surface area contributed by atoms with Gasteiger partial charge < -0.3 is 24.7 Å². The van der Waals surface area contributed by atoms with Gasteiger partial charge in [0.1, 0.15) is 11.5 Å². The van der Waals surface area contributed by atoms with Crippen LogP contribution in [0, 0.1) is 0 Å². The van der Waals surface area contributed by atoms with Crippen LogP contribution in [0.5, 0.6) is 0 Å². The van der Waals surface area contributed by atoms with Gasteiger partial charge in [-0.3, -0.25) is 4.79 Å². The maximum Gasteiger partial charge on any atom is 0.270 e. The molecule has 0 unspecified atom stereocenters. The van der Waals surface area contributed by atoms with Crippen LogP contribution in [0.15, 0.2) is 73.3 Å². The lowest BCUT2D eigenvalue weighted by Gasteiger charge is -2.19. The van der Waals surface area contributed by atoms with E-state index in [4.69, 9.17) is 4.98 Å². The number of nitrogens with zero attached hydrogens (tertiary/aromatic N) is 6. The van der Waals surface area contributed by atoms with E-state index in [1.54, 1.807) is 30.9 Å². The number of amides is 1. The minimum Gasteiger partial charge on any atom is -0.345 e. The van der Waals surface area contributed by atoms with Gasteiger partial charge in [-0.25, -0.2) is 23.7 Å². The zero-order valence-corrected chi connectivity index (χ0v) is 22.8. The van der Waals surface area contributed by atoms with Gasteiger partial charge in [0.05, 0.1) is 24.8 Å². The van der Waals surface area contributed by atoms with Crippen LogP contribution in [-0.4, -0.2) is 79.9 Å². The summed E-state index contributed by atoms with van der Waals surface area (Å²) in [5.41, 5.74) is 4.86. The van der Waals surface area contributed by atoms with Crippen LogP contribution in [0.4, 0.5) is 20.3 Å². The molecule has 11 heteroatoms. The number of hydrogen-bond donors (Lipinski definition) is 2. The fourth-order valence-corrected chi connectivity index (χ4v) is 5.05. The van der Waals surface area contributed by atoms with Crippen molar-refractivity contribution in [2.24, 2.45) is 0 Å². The summed E-state index contributed by atoms with van der Waals surface area (Å²) in [5.74, 6) is -2.06. The van der Waals surface area contributed by atoms with Crippen LogP contribution >= 0.6 is 0 Å². The number of rotatable bonds is 8. The molecule has 1 amide bonds. The first-order valence-electron chi connectivity index (χ1n) is 13.4. The molecule has 0 spiro atoms. The average molecular weight is 557 g/mol. The van der Waals surface area contributed by atoms with Crippen LogP contribution in [0.2, 0.25) is 0 Å². The Kier molecular flexibility index (Phi) is 6.96. The van der Waals surface area contributed by atoms with E-state index in [2.05, 4.69) is 20.3 Å². The molecule has 1 saturated heterocycles. The Balaban J connectivity index is 1.29. The summed E-state index contributed by atoms with van der Waals surface area (Å²) in [6.45, 7) is 0.708. The number of benzene rings is 2. The number of likely N-dealkylation sites (N-methyl/N-ethyl adjacent to an activating group) is 1. The standard InChI is InChI=1S/C30H30F2N8O/c1-38(2)13-14-40-25-16-22(4-3-21(25)15-26(40)29(41)39-12-10-30(31,32)18-39)28-34-11-9-27(37-28)36-23-7-5-20(6-8-23)24-17-33-19-35-24/h3-9,11,15-17,19H,10,12-14,18H2,1-2H3,(H,33,35)(H,34,36,37). The lowest BCUT2D eigenvalue weighted by Crippen LogP contribution is -2.33. The number of halogens is 2. The molecule has 1 aliphatic heterocycles. The van der Waals surface area contributed by atoms with Gasteiger partial charge in [-0.1, -0.05) is 24.3 Å². The summed E-state index contributed by atoms with van der Waals surface area (Å²) < 4.78 is 29.7. The molecule has 0 bridgehead atoms. The summed E-state index contributed by atoms with van der Waals surface area (Å²) in [6.07, 6.45) is 4.81. The smallest absolute Gasteiger partial charge is 0.270 e. The molecule has 6 rings (SSSR count). The second kappa shape index (κ2) is 10.7. The third kappa shape index (κ3) is 5.66. The number of H-pyrrole nitrogens is 1. The first-order valence-corrected chi connectivity index (χ1v) is 13.4. The van der Waals surface area contributed by atoms with E-state index in [0.29, 0.717) is 30.4 Å². The molecule has 3 aromatic heterocycles. The predicted octanol–water partition coefficient (Wildman–Crippen LogP) is 5.27. The van der Waals surface area contributed by atoms with Crippen molar-refractivity contribution >= 4 is 28.3 Å². The molecule has 0 aliphatic carbocycles. The molecule has 0 saturated carbocycles. The van der Waals surface area contributed by atoms with E-state index in [1.807, 2.05) is 66.0 Å². The van der Waals surface area contributed by atoms with Crippen molar-refractivity contribution in [2.75, 3.05) is 39.0 Å². The first kappa shape index (κ1) is 26.6.